The number of rotatable bonds is 8. The number of aliphatic hydroxyl groups excluding tert-OH is 1. The Morgan fingerprint density at radius 2 is 1.38 bits per heavy atom. The first-order valence-electron chi connectivity index (χ1n) is 11.2. The molecule has 0 saturated carbocycles. The van der Waals surface area contributed by atoms with Crippen LogP contribution in [0, 0.1) is 0 Å². The van der Waals surface area contributed by atoms with Crippen LogP contribution < -0.4 is 20.1 Å². The second-order valence-corrected chi connectivity index (χ2v) is 9.28. The fraction of sp³-hybridized carbons (Fsp3) is 0.520. The van der Waals surface area contributed by atoms with Gasteiger partial charge in [0.25, 0.3) is 0 Å². The number of hydrogen-bond donors (Lipinski definition) is 3. The van der Waals surface area contributed by atoms with Crippen LogP contribution in [0.4, 0.5) is 0 Å². The normalized spacial score (nSPS) is 19.3. The molecular formula is C25H34N2O5. The Morgan fingerprint density at radius 1 is 0.844 bits per heavy atom. The molecule has 2 aliphatic heterocycles. The van der Waals surface area contributed by atoms with Gasteiger partial charge in [-0.25, -0.2) is 0 Å². The minimum Gasteiger partial charge on any atom is -0.462 e. The lowest BCUT2D eigenvalue weighted by atomic mass is 10.1. The molecular weight excluding hydrogens is 408 g/mol. The molecule has 0 fully saturated rings. The number of aliphatic hydroxyl groups is 1. The quantitative estimate of drug-likeness (QED) is 0.579. The third-order valence-corrected chi connectivity index (χ3v) is 5.71. The third kappa shape index (κ3) is 5.42. The molecule has 0 aromatic heterocycles. The van der Waals surface area contributed by atoms with E-state index in [4.69, 9.17) is 18.9 Å². The molecule has 1 atom stereocenters. The fourth-order valence-corrected chi connectivity index (χ4v) is 3.93. The van der Waals surface area contributed by atoms with Gasteiger partial charge in [0.05, 0.1) is 19.8 Å². The summed E-state index contributed by atoms with van der Waals surface area (Å²) in [5, 5.41) is 16.8. The van der Waals surface area contributed by atoms with Gasteiger partial charge in [0.1, 0.15) is 11.5 Å². The fourth-order valence-electron chi connectivity index (χ4n) is 3.93. The molecule has 32 heavy (non-hydrogen) atoms. The predicted octanol–water partition coefficient (Wildman–Crippen LogP) is 3.22. The number of hydrogen-bond acceptors (Lipinski definition) is 7. The highest BCUT2D eigenvalue weighted by Gasteiger charge is 2.30. The maximum absolute atomic E-state index is 9.89. The summed E-state index contributed by atoms with van der Waals surface area (Å²) in [5.41, 5.74) is 4.25. The number of para-hydroxylation sites is 2. The van der Waals surface area contributed by atoms with Gasteiger partial charge in [-0.15, -0.1) is 0 Å². The number of fused-ring (bicyclic) bond motifs is 2. The maximum atomic E-state index is 9.89. The van der Waals surface area contributed by atoms with E-state index in [9.17, 15) is 5.11 Å². The van der Waals surface area contributed by atoms with E-state index < -0.39 is 11.6 Å². The molecule has 0 aliphatic carbocycles. The van der Waals surface area contributed by atoms with E-state index in [2.05, 4.69) is 16.7 Å². The van der Waals surface area contributed by atoms with Gasteiger partial charge >= 0.3 is 0 Å². The molecule has 2 aromatic carbocycles. The molecule has 7 nitrogen and oxygen atoms in total. The van der Waals surface area contributed by atoms with Crippen molar-refractivity contribution in [1.29, 1.82) is 0 Å². The smallest absolute Gasteiger partial charge is 0.205 e. The van der Waals surface area contributed by atoms with Gasteiger partial charge in [-0.3, -0.25) is 0 Å². The van der Waals surface area contributed by atoms with Gasteiger partial charge in [0.2, 0.25) is 11.6 Å². The largest absolute Gasteiger partial charge is 0.462 e. The maximum Gasteiger partial charge on any atom is 0.205 e. The Hall–Kier alpha value is -2.16. The standard InChI is InChI=1S/C25H34N2O5/c1-24(2)29-15-19-9-5-7-17(22(19)31-24)11-26-13-21(14-28)27-12-18-8-6-10-20-16-30-25(3,4)32-23(18)20/h5-10,21,26-28H,11-16H2,1-4H3. The molecule has 2 aliphatic rings. The van der Waals surface area contributed by atoms with Crippen LogP contribution in [-0.2, 0) is 35.8 Å². The van der Waals surface area contributed by atoms with Crippen molar-refractivity contribution in [3.05, 3.63) is 58.7 Å². The van der Waals surface area contributed by atoms with E-state index in [-0.39, 0.29) is 12.6 Å². The van der Waals surface area contributed by atoms with Crippen LogP contribution in [0.2, 0.25) is 0 Å². The second-order valence-electron chi connectivity index (χ2n) is 9.28. The highest BCUT2D eigenvalue weighted by molar-refractivity contribution is 5.43. The summed E-state index contributed by atoms with van der Waals surface area (Å²) in [5.74, 6) is 0.494. The van der Waals surface area contributed by atoms with Gasteiger partial charge in [-0.1, -0.05) is 36.4 Å². The summed E-state index contributed by atoms with van der Waals surface area (Å²) in [7, 11) is 0. The van der Waals surface area contributed by atoms with Crippen molar-refractivity contribution in [2.45, 2.75) is 71.6 Å². The molecule has 0 amide bonds. The molecule has 174 valence electrons. The highest BCUT2D eigenvalue weighted by Crippen LogP contribution is 2.35. The average molecular weight is 443 g/mol. The summed E-state index contributed by atoms with van der Waals surface area (Å²) in [4.78, 5) is 0. The highest BCUT2D eigenvalue weighted by atomic mass is 16.7. The van der Waals surface area contributed by atoms with Gasteiger partial charge in [-0.2, -0.15) is 0 Å². The molecule has 0 radical (unpaired) electrons. The lowest BCUT2D eigenvalue weighted by Crippen LogP contribution is -2.41. The topological polar surface area (TPSA) is 81.2 Å². The summed E-state index contributed by atoms with van der Waals surface area (Å²) in [6.07, 6.45) is 0. The van der Waals surface area contributed by atoms with E-state index in [1.807, 2.05) is 58.0 Å². The van der Waals surface area contributed by atoms with Gasteiger partial charge in [0.15, 0.2) is 0 Å². The molecule has 0 bridgehead atoms. The molecule has 3 N–H and O–H groups in total. The Labute approximate surface area is 190 Å². The first-order valence-corrected chi connectivity index (χ1v) is 11.2. The van der Waals surface area contributed by atoms with Crippen molar-refractivity contribution < 1.29 is 24.1 Å². The number of nitrogens with one attached hydrogen (secondary N) is 2. The van der Waals surface area contributed by atoms with E-state index in [1.165, 1.54) is 0 Å². The van der Waals surface area contributed by atoms with Crippen molar-refractivity contribution in [3.8, 4) is 11.5 Å². The summed E-state index contributed by atoms with van der Waals surface area (Å²) < 4.78 is 23.6. The van der Waals surface area contributed by atoms with E-state index in [0.717, 1.165) is 33.8 Å². The van der Waals surface area contributed by atoms with Crippen molar-refractivity contribution in [3.63, 3.8) is 0 Å². The zero-order valence-electron chi connectivity index (χ0n) is 19.4. The lowest BCUT2D eigenvalue weighted by Gasteiger charge is -2.34. The van der Waals surface area contributed by atoms with Crippen LogP contribution in [0.3, 0.4) is 0 Å². The zero-order valence-corrected chi connectivity index (χ0v) is 19.4. The first-order chi connectivity index (χ1) is 15.3. The number of benzene rings is 2. The summed E-state index contributed by atoms with van der Waals surface area (Å²) in [6, 6.07) is 12.1. The van der Waals surface area contributed by atoms with Crippen LogP contribution >= 0.6 is 0 Å². The van der Waals surface area contributed by atoms with Crippen LogP contribution in [-0.4, -0.2) is 35.9 Å². The lowest BCUT2D eigenvalue weighted by molar-refractivity contribution is -0.180. The van der Waals surface area contributed by atoms with Gasteiger partial charge < -0.3 is 34.7 Å². The van der Waals surface area contributed by atoms with Crippen LogP contribution in [0.15, 0.2) is 36.4 Å². The SMILES string of the molecule is CC1(C)OCc2cccc(CNCC(CO)NCc3cccc4c3OC(C)(C)OC4)c2O1. The van der Waals surface area contributed by atoms with E-state index >= 15 is 0 Å². The minimum absolute atomic E-state index is 0.0295. The summed E-state index contributed by atoms with van der Waals surface area (Å²) in [6.45, 7) is 10.6. The molecule has 0 spiro atoms. The van der Waals surface area contributed by atoms with Crippen LogP contribution in [0.25, 0.3) is 0 Å². The molecule has 1 unspecified atom stereocenters. The second kappa shape index (κ2) is 9.37. The zero-order chi connectivity index (χ0) is 22.8. The Balaban J connectivity index is 1.34. The van der Waals surface area contributed by atoms with Gasteiger partial charge in [-0.05, 0) is 0 Å². The monoisotopic (exact) mass is 442 g/mol. The molecule has 2 heterocycles. The van der Waals surface area contributed by atoms with E-state index in [1.54, 1.807) is 0 Å². The van der Waals surface area contributed by atoms with Crippen molar-refractivity contribution in [2.24, 2.45) is 0 Å². The van der Waals surface area contributed by atoms with Crippen molar-refractivity contribution >= 4 is 0 Å². The van der Waals surface area contributed by atoms with Crippen molar-refractivity contribution in [1.82, 2.24) is 10.6 Å². The van der Waals surface area contributed by atoms with Gasteiger partial charge in [0, 0.05) is 75.6 Å². The first kappa shape index (κ1) is 23.0. The Kier molecular flexibility index (Phi) is 6.74. The molecule has 0 saturated heterocycles. The molecule has 4 rings (SSSR count). The predicted molar refractivity (Wildman–Crippen MR) is 121 cm³/mol. The molecule has 7 heteroatoms. The Morgan fingerprint density at radius 3 is 1.91 bits per heavy atom. The van der Waals surface area contributed by atoms with Crippen molar-refractivity contribution in [2.75, 3.05) is 13.2 Å². The van der Waals surface area contributed by atoms with Crippen LogP contribution in [0.1, 0.15) is 49.9 Å². The Bertz CT molecular complexity index is 944. The average Bonchev–Trinajstić information content (AvgIpc) is 2.75. The van der Waals surface area contributed by atoms with Crippen LogP contribution in [0.5, 0.6) is 11.5 Å². The third-order valence-electron chi connectivity index (χ3n) is 5.71. The minimum atomic E-state index is -0.641. The summed E-state index contributed by atoms with van der Waals surface area (Å²) >= 11 is 0. The van der Waals surface area contributed by atoms with E-state index in [0.29, 0.717) is 32.8 Å². The molecule has 2 aromatic rings. The number of ether oxygens (including phenoxy) is 4.